The van der Waals surface area contributed by atoms with E-state index >= 15 is 0 Å². The first-order chi connectivity index (χ1) is 7.04. The molecule has 0 heterocycles. The molecule has 1 aromatic carbocycles. The van der Waals surface area contributed by atoms with Crippen LogP contribution in [-0.4, -0.2) is 17.0 Å². The van der Waals surface area contributed by atoms with Crippen molar-refractivity contribution in [3.05, 3.63) is 34.9 Å². The van der Waals surface area contributed by atoms with Crippen LogP contribution in [0.3, 0.4) is 0 Å². The van der Waals surface area contributed by atoms with Crippen molar-refractivity contribution >= 4 is 6.29 Å². The molecule has 1 aliphatic carbocycles. The molecule has 1 aliphatic rings. The summed E-state index contributed by atoms with van der Waals surface area (Å²) in [6.45, 7) is 0. The third-order valence-corrected chi connectivity index (χ3v) is 2.66. The van der Waals surface area contributed by atoms with Crippen LogP contribution in [-0.2, 0) is 6.42 Å². The maximum absolute atomic E-state index is 12.9. The van der Waals surface area contributed by atoms with E-state index < -0.39 is 17.2 Å². The van der Waals surface area contributed by atoms with Gasteiger partial charge >= 0.3 is 0 Å². The number of hydrogen-bond acceptors (Lipinski definition) is 2. The molecule has 0 amide bonds. The maximum atomic E-state index is 12.9. The molecule has 2 nitrogen and oxygen atoms in total. The average Bonchev–Trinajstić information content (AvgIpc) is 2.89. The molecule has 15 heavy (non-hydrogen) atoms. The van der Waals surface area contributed by atoms with Gasteiger partial charge < -0.3 is 5.11 Å². The van der Waals surface area contributed by atoms with E-state index in [-0.39, 0.29) is 12.0 Å². The van der Waals surface area contributed by atoms with Crippen LogP contribution in [0.15, 0.2) is 12.1 Å². The second-order valence-electron chi connectivity index (χ2n) is 3.98. The fourth-order valence-electron chi connectivity index (χ4n) is 1.54. The summed E-state index contributed by atoms with van der Waals surface area (Å²) in [6.07, 6.45) is 1.97. The Kier molecular flexibility index (Phi) is 2.31. The zero-order valence-electron chi connectivity index (χ0n) is 7.96. The van der Waals surface area contributed by atoms with Gasteiger partial charge in [0.2, 0.25) is 0 Å². The molecule has 0 unspecified atom stereocenters. The van der Waals surface area contributed by atoms with Crippen LogP contribution < -0.4 is 0 Å². The molecule has 1 aromatic rings. The normalized spacial score (nSPS) is 17.5. The van der Waals surface area contributed by atoms with E-state index in [4.69, 9.17) is 0 Å². The summed E-state index contributed by atoms with van der Waals surface area (Å²) < 4.78 is 25.7. The summed E-state index contributed by atoms with van der Waals surface area (Å²) in [6, 6.07) is 1.85. The van der Waals surface area contributed by atoms with E-state index in [0.717, 1.165) is 12.1 Å². The predicted molar refractivity (Wildman–Crippen MR) is 49.6 cm³/mol. The third kappa shape index (κ3) is 2.04. The molecule has 0 saturated heterocycles. The van der Waals surface area contributed by atoms with Gasteiger partial charge in [-0.25, -0.2) is 8.78 Å². The van der Waals surface area contributed by atoms with Gasteiger partial charge in [-0.3, -0.25) is 4.79 Å². The number of hydrogen-bond donors (Lipinski definition) is 1. The van der Waals surface area contributed by atoms with Crippen molar-refractivity contribution in [3.8, 4) is 0 Å². The van der Waals surface area contributed by atoms with Crippen LogP contribution in [0.2, 0.25) is 0 Å². The summed E-state index contributed by atoms with van der Waals surface area (Å²) in [5, 5.41) is 9.63. The van der Waals surface area contributed by atoms with Crippen LogP contribution in [0, 0.1) is 11.6 Å². The first-order valence-corrected chi connectivity index (χ1v) is 4.69. The number of aldehydes is 1. The van der Waals surface area contributed by atoms with Gasteiger partial charge in [-0.05, 0) is 30.5 Å². The molecule has 0 aromatic heterocycles. The van der Waals surface area contributed by atoms with Crippen LogP contribution in [0.5, 0.6) is 0 Å². The van der Waals surface area contributed by atoms with Crippen LogP contribution >= 0.6 is 0 Å². The zero-order chi connectivity index (χ0) is 11.1. The average molecular weight is 212 g/mol. The van der Waals surface area contributed by atoms with Crippen molar-refractivity contribution in [2.24, 2.45) is 0 Å². The number of rotatable bonds is 3. The molecule has 2 rings (SSSR count). The zero-order valence-corrected chi connectivity index (χ0v) is 7.96. The minimum absolute atomic E-state index is 0.106. The molecule has 80 valence electrons. The Bertz CT molecular complexity index is 411. The number of halogens is 2. The Morgan fingerprint density at radius 3 is 2.47 bits per heavy atom. The second kappa shape index (κ2) is 3.38. The Morgan fingerprint density at radius 1 is 1.33 bits per heavy atom. The summed E-state index contributed by atoms with van der Waals surface area (Å²) >= 11 is 0. The largest absolute Gasteiger partial charge is 0.390 e. The molecule has 1 N–H and O–H groups in total. The lowest BCUT2D eigenvalue weighted by molar-refractivity contribution is 0.112. The number of benzene rings is 1. The molecular formula is C11H10F2O2. The molecule has 0 bridgehead atoms. The van der Waals surface area contributed by atoms with Crippen molar-refractivity contribution in [2.75, 3.05) is 0 Å². The quantitative estimate of drug-likeness (QED) is 0.776. The lowest BCUT2D eigenvalue weighted by Gasteiger charge is -2.10. The van der Waals surface area contributed by atoms with E-state index in [0.29, 0.717) is 24.7 Å². The van der Waals surface area contributed by atoms with Crippen LogP contribution in [0.1, 0.15) is 28.8 Å². The van der Waals surface area contributed by atoms with E-state index in [9.17, 15) is 18.7 Å². The first kappa shape index (κ1) is 10.2. The van der Waals surface area contributed by atoms with Crippen molar-refractivity contribution in [2.45, 2.75) is 24.9 Å². The van der Waals surface area contributed by atoms with Gasteiger partial charge in [0.05, 0.1) is 5.60 Å². The fraction of sp³-hybridized carbons (Fsp3) is 0.364. The SMILES string of the molecule is O=Cc1cc(F)c(F)cc1CC1(O)CC1. The summed E-state index contributed by atoms with van der Waals surface area (Å²) in [5.41, 5.74) is -0.347. The van der Waals surface area contributed by atoms with E-state index in [1.54, 1.807) is 0 Å². The van der Waals surface area contributed by atoms with Gasteiger partial charge in [-0.2, -0.15) is 0 Å². The highest BCUT2D eigenvalue weighted by Crippen LogP contribution is 2.38. The minimum Gasteiger partial charge on any atom is -0.390 e. The van der Waals surface area contributed by atoms with Gasteiger partial charge in [0.25, 0.3) is 0 Å². The molecular weight excluding hydrogens is 202 g/mol. The maximum Gasteiger partial charge on any atom is 0.159 e. The Morgan fingerprint density at radius 2 is 1.93 bits per heavy atom. The lowest BCUT2D eigenvalue weighted by atomic mass is 10.0. The van der Waals surface area contributed by atoms with Crippen LogP contribution in [0.25, 0.3) is 0 Å². The monoisotopic (exact) mass is 212 g/mol. The minimum atomic E-state index is -1.04. The second-order valence-corrected chi connectivity index (χ2v) is 3.98. The summed E-state index contributed by atoms with van der Waals surface area (Å²) in [5.74, 6) is -2.02. The van der Waals surface area contributed by atoms with E-state index in [1.165, 1.54) is 0 Å². The molecule has 1 saturated carbocycles. The van der Waals surface area contributed by atoms with Crippen molar-refractivity contribution in [1.29, 1.82) is 0 Å². The summed E-state index contributed by atoms with van der Waals surface area (Å²) in [7, 11) is 0. The Labute approximate surface area is 85.5 Å². The Hall–Kier alpha value is -1.29. The van der Waals surface area contributed by atoms with E-state index in [1.807, 2.05) is 0 Å². The standard InChI is InChI=1S/C11H10F2O2/c12-9-3-7(5-11(15)1-2-11)8(6-14)4-10(9)13/h3-4,6,15H,1-2,5H2. The number of carbonyl (C=O) groups excluding carboxylic acids is 1. The molecule has 1 fully saturated rings. The van der Waals surface area contributed by atoms with Crippen molar-refractivity contribution in [1.82, 2.24) is 0 Å². The van der Waals surface area contributed by atoms with Gasteiger partial charge in [0, 0.05) is 12.0 Å². The van der Waals surface area contributed by atoms with Gasteiger partial charge in [-0.1, -0.05) is 0 Å². The predicted octanol–water partition coefficient (Wildman–Crippen LogP) is 1.84. The van der Waals surface area contributed by atoms with Gasteiger partial charge in [0.1, 0.15) is 6.29 Å². The van der Waals surface area contributed by atoms with E-state index in [2.05, 4.69) is 0 Å². The highest BCUT2D eigenvalue weighted by molar-refractivity contribution is 5.77. The smallest absolute Gasteiger partial charge is 0.159 e. The third-order valence-electron chi connectivity index (χ3n) is 2.66. The van der Waals surface area contributed by atoms with Gasteiger partial charge in [0.15, 0.2) is 11.6 Å². The molecule has 0 radical (unpaired) electrons. The number of aliphatic hydroxyl groups is 1. The highest BCUT2D eigenvalue weighted by atomic mass is 19.2. The van der Waals surface area contributed by atoms with Crippen LogP contribution in [0.4, 0.5) is 8.78 Å². The lowest BCUT2D eigenvalue weighted by Crippen LogP contribution is -2.13. The highest BCUT2D eigenvalue weighted by Gasteiger charge is 2.40. The molecule has 0 spiro atoms. The summed E-state index contributed by atoms with van der Waals surface area (Å²) in [4.78, 5) is 10.6. The van der Waals surface area contributed by atoms with Crippen molar-refractivity contribution in [3.63, 3.8) is 0 Å². The van der Waals surface area contributed by atoms with Gasteiger partial charge in [-0.15, -0.1) is 0 Å². The fourth-order valence-corrected chi connectivity index (χ4v) is 1.54. The number of carbonyl (C=O) groups is 1. The first-order valence-electron chi connectivity index (χ1n) is 4.69. The molecule has 0 atom stereocenters. The Balaban J connectivity index is 2.36. The topological polar surface area (TPSA) is 37.3 Å². The van der Waals surface area contributed by atoms with Crippen molar-refractivity contribution < 1.29 is 18.7 Å². The molecule has 0 aliphatic heterocycles. The molecule has 4 heteroatoms.